The van der Waals surface area contributed by atoms with Gasteiger partial charge in [0.15, 0.2) is 0 Å². The summed E-state index contributed by atoms with van der Waals surface area (Å²) >= 11 is 0. The van der Waals surface area contributed by atoms with Gasteiger partial charge in [-0.1, -0.05) is 36.9 Å². The first-order chi connectivity index (χ1) is 6.36. The van der Waals surface area contributed by atoms with Gasteiger partial charge in [-0.3, -0.25) is 4.99 Å². The molecule has 1 aromatic rings. The smallest absolute Gasteiger partial charge is 0.207 e. The molecule has 0 atom stereocenters. The maximum atomic E-state index is 5.36. The fourth-order valence-electron chi connectivity index (χ4n) is 0.946. The molecule has 0 unspecified atom stereocenters. The van der Waals surface area contributed by atoms with Crippen LogP contribution in [0.25, 0.3) is 0 Å². The first kappa shape index (κ1) is 9.52. The Morgan fingerprint density at radius 3 is 2.69 bits per heavy atom. The van der Waals surface area contributed by atoms with Crippen molar-refractivity contribution >= 4 is 5.90 Å². The summed E-state index contributed by atoms with van der Waals surface area (Å²) in [4.78, 5) is 3.90. The van der Waals surface area contributed by atoms with Crippen LogP contribution >= 0.6 is 0 Å². The summed E-state index contributed by atoms with van der Waals surface area (Å²) in [5.74, 6) is 0.573. The topological polar surface area (TPSA) is 21.6 Å². The fourth-order valence-corrected chi connectivity index (χ4v) is 0.946. The molecule has 2 heteroatoms. The number of rotatable bonds is 3. The van der Waals surface area contributed by atoms with Crippen LogP contribution in [-0.4, -0.2) is 12.9 Å². The number of ether oxygens (including phenoxy) is 1. The highest BCUT2D eigenvalue weighted by atomic mass is 16.5. The molecule has 0 aromatic heterocycles. The van der Waals surface area contributed by atoms with Gasteiger partial charge in [0.1, 0.15) is 6.61 Å². The van der Waals surface area contributed by atoms with E-state index in [0.29, 0.717) is 12.5 Å². The van der Waals surface area contributed by atoms with E-state index in [1.165, 1.54) is 0 Å². The lowest BCUT2D eigenvalue weighted by Crippen LogP contribution is -2.00. The Morgan fingerprint density at radius 1 is 1.46 bits per heavy atom. The lowest BCUT2D eigenvalue weighted by molar-refractivity contribution is 0.295. The molecule has 0 fully saturated rings. The second-order valence-corrected chi connectivity index (χ2v) is 2.54. The van der Waals surface area contributed by atoms with E-state index in [2.05, 4.69) is 11.6 Å². The normalized spacial score (nSPS) is 11.0. The summed E-state index contributed by atoms with van der Waals surface area (Å²) in [6, 6.07) is 9.96. The minimum Gasteiger partial charge on any atom is -0.473 e. The van der Waals surface area contributed by atoms with E-state index in [1.807, 2.05) is 30.3 Å². The van der Waals surface area contributed by atoms with Crippen LogP contribution in [0.5, 0.6) is 0 Å². The van der Waals surface area contributed by atoms with Crippen molar-refractivity contribution in [2.45, 2.75) is 6.61 Å². The summed E-state index contributed by atoms with van der Waals surface area (Å²) < 4.78 is 5.36. The molecule has 2 nitrogen and oxygen atoms in total. The van der Waals surface area contributed by atoms with E-state index in [0.717, 1.165) is 5.56 Å². The SMILES string of the molecule is C=CC(=NC)OCc1ccccc1. The highest BCUT2D eigenvalue weighted by Gasteiger charge is 1.93. The quantitative estimate of drug-likeness (QED) is 0.510. The highest BCUT2D eigenvalue weighted by Crippen LogP contribution is 2.01. The molecular weight excluding hydrogens is 162 g/mol. The predicted octanol–water partition coefficient (Wildman–Crippen LogP) is 2.42. The first-order valence-electron chi connectivity index (χ1n) is 4.12. The first-order valence-corrected chi connectivity index (χ1v) is 4.12. The van der Waals surface area contributed by atoms with Crippen LogP contribution in [0.2, 0.25) is 0 Å². The zero-order valence-corrected chi connectivity index (χ0v) is 7.73. The maximum Gasteiger partial charge on any atom is 0.207 e. The predicted molar refractivity (Wildman–Crippen MR) is 54.8 cm³/mol. The average molecular weight is 175 g/mol. The molecule has 1 aromatic carbocycles. The van der Waals surface area contributed by atoms with Gasteiger partial charge in [-0.15, -0.1) is 0 Å². The van der Waals surface area contributed by atoms with Crippen LogP contribution in [0.15, 0.2) is 48.0 Å². The molecule has 0 N–H and O–H groups in total. The molecule has 13 heavy (non-hydrogen) atoms. The van der Waals surface area contributed by atoms with Gasteiger partial charge >= 0.3 is 0 Å². The Bertz CT molecular complexity index is 290. The van der Waals surface area contributed by atoms with Crippen molar-refractivity contribution in [2.75, 3.05) is 7.05 Å². The molecule has 0 spiro atoms. The lowest BCUT2D eigenvalue weighted by Gasteiger charge is -2.04. The molecule has 0 aliphatic rings. The summed E-state index contributed by atoms with van der Waals surface area (Å²) in [7, 11) is 1.68. The largest absolute Gasteiger partial charge is 0.473 e. The summed E-state index contributed by atoms with van der Waals surface area (Å²) in [5, 5.41) is 0. The Kier molecular flexibility index (Phi) is 3.76. The third-order valence-corrected chi connectivity index (χ3v) is 1.62. The lowest BCUT2D eigenvalue weighted by atomic mass is 10.2. The van der Waals surface area contributed by atoms with Gasteiger partial charge < -0.3 is 4.74 Å². The monoisotopic (exact) mass is 175 g/mol. The third kappa shape index (κ3) is 3.11. The Labute approximate surface area is 78.6 Å². The van der Waals surface area contributed by atoms with Gasteiger partial charge in [-0.25, -0.2) is 0 Å². The van der Waals surface area contributed by atoms with E-state index in [4.69, 9.17) is 4.74 Å². The zero-order valence-electron chi connectivity index (χ0n) is 7.73. The molecule has 0 bridgehead atoms. The fraction of sp³-hybridized carbons (Fsp3) is 0.182. The van der Waals surface area contributed by atoms with E-state index in [1.54, 1.807) is 13.1 Å². The number of benzene rings is 1. The van der Waals surface area contributed by atoms with Crippen molar-refractivity contribution in [3.8, 4) is 0 Å². The molecular formula is C11H13NO. The van der Waals surface area contributed by atoms with Gasteiger partial charge in [-0.2, -0.15) is 0 Å². The number of hydrogen-bond acceptors (Lipinski definition) is 2. The molecule has 0 radical (unpaired) electrons. The number of aliphatic imine (C=N–C) groups is 1. The minimum atomic E-state index is 0.541. The van der Waals surface area contributed by atoms with Gasteiger partial charge in [0.05, 0.1) is 0 Å². The van der Waals surface area contributed by atoms with Gasteiger partial charge in [0.2, 0.25) is 5.90 Å². The van der Waals surface area contributed by atoms with Crippen LogP contribution in [0.4, 0.5) is 0 Å². The molecule has 0 saturated heterocycles. The van der Waals surface area contributed by atoms with Gasteiger partial charge in [-0.05, 0) is 11.6 Å². The van der Waals surface area contributed by atoms with Crippen LogP contribution in [0, 0.1) is 0 Å². The van der Waals surface area contributed by atoms with E-state index < -0.39 is 0 Å². The summed E-state index contributed by atoms with van der Waals surface area (Å²) in [5.41, 5.74) is 1.13. The summed E-state index contributed by atoms with van der Waals surface area (Å²) in [6.45, 7) is 4.13. The van der Waals surface area contributed by atoms with Crippen LogP contribution in [0.1, 0.15) is 5.56 Å². The van der Waals surface area contributed by atoms with Crippen molar-refractivity contribution in [1.29, 1.82) is 0 Å². The molecule has 0 aliphatic heterocycles. The Morgan fingerprint density at radius 2 is 2.15 bits per heavy atom. The molecule has 0 heterocycles. The second-order valence-electron chi connectivity index (χ2n) is 2.54. The Balaban J connectivity index is 2.48. The van der Waals surface area contributed by atoms with Crippen LogP contribution in [0.3, 0.4) is 0 Å². The van der Waals surface area contributed by atoms with Crippen LogP contribution in [-0.2, 0) is 11.3 Å². The molecule has 0 amide bonds. The second kappa shape index (κ2) is 5.14. The maximum absolute atomic E-state index is 5.36. The molecule has 1 rings (SSSR count). The molecule has 0 aliphatic carbocycles. The Hall–Kier alpha value is -1.57. The standard InChI is InChI=1S/C11H13NO/c1-3-11(12-2)13-9-10-7-5-4-6-8-10/h3-8H,1,9H2,2H3. The van der Waals surface area contributed by atoms with Crippen molar-refractivity contribution in [1.82, 2.24) is 0 Å². The molecule has 0 saturated carbocycles. The molecule has 68 valence electrons. The third-order valence-electron chi connectivity index (χ3n) is 1.62. The number of nitrogens with zero attached hydrogens (tertiary/aromatic N) is 1. The van der Waals surface area contributed by atoms with Crippen molar-refractivity contribution in [3.63, 3.8) is 0 Å². The number of hydrogen-bond donors (Lipinski definition) is 0. The average Bonchev–Trinajstić information content (AvgIpc) is 2.21. The van der Waals surface area contributed by atoms with Gasteiger partial charge in [0.25, 0.3) is 0 Å². The minimum absolute atomic E-state index is 0.541. The van der Waals surface area contributed by atoms with Crippen molar-refractivity contribution in [3.05, 3.63) is 48.6 Å². The van der Waals surface area contributed by atoms with E-state index >= 15 is 0 Å². The summed E-state index contributed by atoms with van der Waals surface area (Å²) in [6.07, 6.45) is 1.60. The van der Waals surface area contributed by atoms with Crippen molar-refractivity contribution < 1.29 is 4.74 Å². The van der Waals surface area contributed by atoms with Gasteiger partial charge in [0, 0.05) is 7.05 Å². The van der Waals surface area contributed by atoms with Crippen LogP contribution < -0.4 is 0 Å². The highest BCUT2D eigenvalue weighted by molar-refractivity contribution is 5.86. The van der Waals surface area contributed by atoms with E-state index in [9.17, 15) is 0 Å². The van der Waals surface area contributed by atoms with E-state index in [-0.39, 0.29) is 0 Å². The van der Waals surface area contributed by atoms with Crippen molar-refractivity contribution in [2.24, 2.45) is 4.99 Å². The zero-order chi connectivity index (χ0) is 9.52.